The molecular formula is C12H21Pt. The number of allylic oxidation sites excluding steroid dienone is 4. The average Bonchev–Trinajstić information content (AvgIpc) is 2.12. The fourth-order valence-corrected chi connectivity index (χ4v) is 7.55. The number of rotatable bonds is 1. The van der Waals surface area contributed by atoms with Gasteiger partial charge in [-0.2, -0.15) is 0 Å². The van der Waals surface area contributed by atoms with Crippen molar-refractivity contribution in [2.24, 2.45) is 5.41 Å². The SMILES string of the molecule is CC1=C(C)C(C)(C)[C]([Pt]([CH3])[CH3])=C1C. The predicted octanol–water partition coefficient (Wildman–Crippen LogP) is 4.35. The molecule has 0 amide bonds. The van der Waals surface area contributed by atoms with Gasteiger partial charge in [0.15, 0.2) is 0 Å². The Hall–Kier alpha value is 0.168. The van der Waals surface area contributed by atoms with Gasteiger partial charge in [-0.05, 0) is 0 Å². The first-order valence-corrected chi connectivity index (χ1v) is 10.2. The number of hydrogen-bond donors (Lipinski definition) is 0. The standard InChI is InChI=1S/C10H15.2CH3.Pt/c1-7-6-10(4,5)9(3)8(7)2;;;/h1-5H3;2*1H3;. The fraction of sp³-hybridized carbons (Fsp3) is 0.667. The molecule has 1 heteroatoms. The van der Waals surface area contributed by atoms with E-state index in [1.54, 1.807) is 20.7 Å². The molecule has 0 bridgehead atoms. The zero-order valence-corrected chi connectivity index (χ0v) is 12.1. The maximum absolute atomic E-state index is 2.46. The van der Waals surface area contributed by atoms with Gasteiger partial charge in [-0.25, -0.2) is 0 Å². The van der Waals surface area contributed by atoms with Gasteiger partial charge in [0, 0.05) is 0 Å². The van der Waals surface area contributed by atoms with Gasteiger partial charge < -0.3 is 0 Å². The summed E-state index contributed by atoms with van der Waals surface area (Å²) in [6.07, 6.45) is 0. The van der Waals surface area contributed by atoms with Crippen molar-refractivity contribution in [3.63, 3.8) is 0 Å². The Bertz CT molecular complexity index is 290. The quantitative estimate of drug-likeness (QED) is 0.652. The zero-order chi connectivity index (χ0) is 10.4. The molecule has 0 atom stereocenters. The van der Waals surface area contributed by atoms with Crippen LogP contribution in [0.2, 0.25) is 10.6 Å². The molecule has 0 unspecified atom stereocenters. The topological polar surface area (TPSA) is 0 Å². The van der Waals surface area contributed by atoms with Crippen LogP contribution in [0.3, 0.4) is 0 Å². The molecule has 1 aliphatic rings. The van der Waals surface area contributed by atoms with Crippen LogP contribution in [-0.2, 0) is 17.3 Å². The van der Waals surface area contributed by atoms with E-state index in [0.717, 1.165) is 0 Å². The minimum absolute atomic E-state index is 0.364. The van der Waals surface area contributed by atoms with Gasteiger partial charge >= 0.3 is 88.7 Å². The van der Waals surface area contributed by atoms with E-state index >= 15 is 0 Å². The molecule has 0 fully saturated rings. The Morgan fingerprint density at radius 3 is 1.54 bits per heavy atom. The summed E-state index contributed by atoms with van der Waals surface area (Å²) in [4.78, 5) is 0. The van der Waals surface area contributed by atoms with Gasteiger partial charge in [-0.15, -0.1) is 0 Å². The molecule has 0 spiro atoms. The third kappa shape index (κ3) is 1.59. The Morgan fingerprint density at radius 2 is 1.38 bits per heavy atom. The minimum atomic E-state index is -0.820. The summed E-state index contributed by atoms with van der Waals surface area (Å²) in [5.41, 5.74) is 5.10. The van der Waals surface area contributed by atoms with Crippen LogP contribution in [0.1, 0.15) is 34.6 Å². The van der Waals surface area contributed by atoms with Crippen molar-refractivity contribution in [2.45, 2.75) is 45.2 Å². The van der Waals surface area contributed by atoms with Gasteiger partial charge in [0.25, 0.3) is 0 Å². The monoisotopic (exact) mass is 360 g/mol. The normalized spacial score (nSPS) is 22.8. The van der Waals surface area contributed by atoms with Crippen molar-refractivity contribution in [1.29, 1.82) is 0 Å². The van der Waals surface area contributed by atoms with Crippen molar-refractivity contribution in [3.05, 3.63) is 20.7 Å². The van der Waals surface area contributed by atoms with Crippen LogP contribution in [0, 0.1) is 5.41 Å². The molecule has 79 valence electrons. The van der Waals surface area contributed by atoms with Gasteiger partial charge in [0.2, 0.25) is 0 Å². The van der Waals surface area contributed by atoms with Crippen molar-refractivity contribution >= 4 is 0 Å². The Labute approximate surface area is 88.7 Å². The van der Waals surface area contributed by atoms with Crippen LogP contribution >= 0.6 is 0 Å². The van der Waals surface area contributed by atoms with Crippen LogP contribution in [0.25, 0.3) is 0 Å². The van der Waals surface area contributed by atoms with Crippen molar-refractivity contribution < 1.29 is 17.3 Å². The van der Waals surface area contributed by atoms with E-state index in [2.05, 4.69) is 45.2 Å². The summed E-state index contributed by atoms with van der Waals surface area (Å²) in [6.45, 7) is 11.6. The molecule has 0 aliphatic heterocycles. The van der Waals surface area contributed by atoms with Gasteiger partial charge in [-0.3, -0.25) is 0 Å². The van der Waals surface area contributed by atoms with E-state index in [9.17, 15) is 0 Å². The van der Waals surface area contributed by atoms with Crippen LogP contribution < -0.4 is 0 Å². The summed E-state index contributed by atoms with van der Waals surface area (Å²) in [5, 5.41) is 4.91. The maximum atomic E-state index is 2.46. The Balaban J connectivity index is 3.28. The molecule has 0 nitrogen and oxygen atoms in total. The van der Waals surface area contributed by atoms with Crippen LogP contribution in [-0.4, -0.2) is 0 Å². The zero-order valence-electron chi connectivity index (χ0n) is 9.82. The molecule has 0 aromatic heterocycles. The first-order chi connectivity index (χ1) is 5.80. The molecule has 0 saturated heterocycles. The average molecular weight is 360 g/mol. The van der Waals surface area contributed by atoms with Crippen molar-refractivity contribution in [2.75, 3.05) is 0 Å². The van der Waals surface area contributed by atoms with E-state index in [-0.39, 0.29) is 0 Å². The molecule has 13 heavy (non-hydrogen) atoms. The summed E-state index contributed by atoms with van der Waals surface area (Å²) in [6, 6.07) is 0. The van der Waals surface area contributed by atoms with E-state index in [1.807, 2.05) is 0 Å². The summed E-state index contributed by atoms with van der Waals surface area (Å²) in [7, 11) is 0. The molecule has 0 aromatic carbocycles. The van der Waals surface area contributed by atoms with E-state index in [1.165, 1.54) is 0 Å². The first-order valence-electron chi connectivity index (χ1n) is 4.54. The molecular weight excluding hydrogens is 339 g/mol. The number of hydrogen-bond acceptors (Lipinski definition) is 0. The van der Waals surface area contributed by atoms with Crippen LogP contribution in [0.15, 0.2) is 20.7 Å². The van der Waals surface area contributed by atoms with Crippen molar-refractivity contribution in [1.82, 2.24) is 0 Å². The summed E-state index contributed by atoms with van der Waals surface area (Å²) in [5.74, 6) is 0. The molecule has 1 rings (SSSR count). The molecule has 0 radical (unpaired) electrons. The second kappa shape index (κ2) is 3.39. The summed E-state index contributed by atoms with van der Waals surface area (Å²) < 4.78 is 1.78. The predicted molar refractivity (Wildman–Crippen MR) is 56.6 cm³/mol. The van der Waals surface area contributed by atoms with Crippen LogP contribution in [0.5, 0.6) is 0 Å². The van der Waals surface area contributed by atoms with Gasteiger partial charge in [-0.1, -0.05) is 0 Å². The molecule has 0 saturated carbocycles. The van der Waals surface area contributed by atoms with Crippen LogP contribution in [0.4, 0.5) is 0 Å². The fourth-order valence-electron chi connectivity index (χ4n) is 2.16. The second-order valence-corrected chi connectivity index (χ2v) is 10.1. The summed E-state index contributed by atoms with van der Waals surface area (Å²) >= 11 is -0.820. The Morgan fingerprint density at radius 1 is 0.923 bits per heavy atom. The molecule has 0 heterocycles. The van der Waals surface area contributed by atoms with Crippen molar-refractivity contribution in [3.8, 4) is 0 Å². The van der Waals surface area contributed by atoms with E-state index in [4.69, 9.17) is 0 Å². The molecule has 0 aromatic rings. The second-order valence-electron chi connectivity index (χ2n) is 4.42. The third-order valence-corrected chi connectivity index (χ3v) is 7.74. The molecule has 0 N–H and O–H groups in total. The van der Waals surface area contributed by atoms with E-state index in [0.29, 0.717) is 5.41 Å². The van der Waals surface area contributed by atoms with E-state index < -0.39 is 17.3 Å². The van der Waals surface area contributed by atoms with Gasteiger partial charge in [0.1, 0.15) is 0 Å². The Kier molecular flexibility index (Phi) is 2.93. The first kappa shape index (κ1) is 11.2. The third-order valence-electron chi connectivity index (χ3n) is 3.19. The van der Waals surface area contributed by atoms with Gasteiger partial charge in [0.05, 0.1) is 0 Å². The molecule has 1 aliphatic carbocycles.